The molecule has 2 aliphatic rings. The lowest BCUT2D eigenvalue weighted by Gasteiger charge is -2.21. The lowest BCUT2D eigenvalue weighted by Crippen LogP contribution is -2.29. The van der Waals surface area contributed by atoms with Gasteiger partial charge in [0.25, 0.3) is 0 Å². The maximum absolute atomic E-state index is 13.7. The van der Waals surface area contributed by atoms with E-state index in [9.17, 15) is 14.5 Å². The molecule has 2 aliphatic heterocycles. The fourth-order valence-corrected chi connectivity index (χ4v) is 2.70. The molecule has 2 aromatic rings. The van der Waals surface area contributed by atoms with Crippen LogP contribution in [0.4, 0.5) is 15.8 Å². The highest BCUT2D eigenvalue weighted by atomic mass is 19.1. The molecular weight excluding hydrogens is 315 g/mol. The van der Waals surface area contributed by atoms with E-state index in [2.05, 4.69) is 9.98 Å². The zero-order valence-electron chi connectivity index (χ0n) is 12.3. The Morgan fingerprint density at radius 1 is 1.29 bits per heavy atom. The number of rotatable bonds is 3. The van der Waals surface area contributed by atoms with Crippen molar-refractivity contribution in [2.75, 3.05) is 13.1 Å². The monoisotopic (exact) mass is 326 g/mol. The number of hydrogen-bond donors (Lipinski definition) is 0. The quantitative estimate of drug-likeness (QED) is 0.640. The topological polar surface area (TPSA) is 80.3 Å². The molecule has 120 valence electrons. The van der Waals surface area contributed by atoms with Gasteiger partial charge < -0.3 is 9.64 Å². The Balaban J connectivity index is 1.73. The molecule has 0 atom stereocenters. The second kappa shape index (κ2) is 5.41. The van der Waals surface area contributed by atoms with Crippen LogP contribution < -0.4 is 4.74 Å². The Labute approximate surface area is 135 Å². The van der Waals surface area contributed by atoms with Crippen molar-refractivity contribution >= 4 is 23.5 Å². The first kappa shape index (κ1) is 14.3. The van der Waals surface area contributed by atoms with Gasteiger partial charge in [-0.1, -0.05) is 6.07 Å². The molecule has 2 heterocycles. The number of nitro groups is 1. The van der Waals surface area contributed by atoms with Gasteiger partial charge in [-0.2, -0.15) is 4.39 Å². The van der Waals surface area contributed by atoms with Gasteiger partial charge in [0.15, 0.2) is 0 Å². The summed E-state index contributed by atoms with van der Waals surface area (Å²) in [5, 5.41) is 11.1. The third-order valence-corrected chi connectivity index (χ3v) is 3.78. The van der Waals surface area contributed by atoms with Crippen LogP contribution in [0.15, 0.2) is 46.4 Å². The molecule has 0 spiro atoms. The van der Waals surface area contributed by atoms with E-state index in [1.54, 1.807) is 24.5 Å². The number of nitro benzene ring substituents is 1. The number of aliphatic imine (C=N–C) groups is 2. The molecule has 0 saturated heterocycles. The van der Waals surface area contributed by atoms with Crippen molar-refractivity contribution in [1.29, 1.82) is 0 Å². The molecule has 0 fully saturated rings. The summed E-state index contributed by atoms with van der Waals surface area (Å²) in [6.45, 7) is 1.44. The summed E-state index contributed by atoms with van der Waals surface area (Å²) in [5.74, 6) is 0.0594. The van der Waals surface area contributed by atoms with Crippen molar-refractivity contribution in [3.8, 4) is 11.5 Å². The van der Waals surface area contributed by atoms with Gasteiger partial charge in [0.1, 0.15) is 11.6 Å². The molecule has 7 nitrogen and oxygen atoms in total. The standard InChI is InChI=1S/C16H11FN4O3/c17-12-2-1-3-14(15(12)21(22)23)24-10-4-5-13-11(8-10)16-18-6-7-20(16)9-19-13/h1-5,8-9H,6-7H2. The van der Waals surface area contributed by atoms with Crippen molar-refractivity contribution in [2.24, 2.45) is 9.98 Å². The first-order valence-corrected chi connectivity index (χ1v) is 7.24. The minimum atomic E-state index is -0.939. The first-order chi connectivity index (χ1) is 11.6. The van der Waals surface area contributed by atoms with E-state index < -0.39 is 16.4 Å². The average molecular weight is 326 g/mol. The Kier molecular flexibility index (Phi) is 3.23. The minimum Gasteiger partial charge on any atom is -0.450 e. The molecule has 0 radical (unpaired) electrons. The average Bonchev–Trinajstić information content (AvgIpc) is 3.03. The lowest BCUT2D eigenvalue weighted by molar-refractivity contribution is -0.388. The van der Waals surface area contributed by atoms with Gasteiger partial charge in [0.2, 0.25) is 11.6 Å². The van der Waals surface area contributed by atoms with Crippen molar-refractivity contribution in [3.63, 3.8) is 0 Å². The summed E-state index contributed by atoms with van der Waals surface area (Å²) in [7, 11) is 0. The summed E-state index contributed by atoms with van der Waals surface area (Å²) >= 11 is 0. The number of hydrogen-bond acceptors (Lipinski definition) is 6. The molecule has 0 aromatic heterocycles. The summed E-state index contributed by atoms with van der Waals surface area (Å²) in [6.07, 6.45) is 1.73. The highest BCUT2D eigenvalue weighted by Gasteiger charge is 2.25. The molecule has 8 heteroatoms. The van der Waals surface area contributed by atoms with E-state index in [0.717, 1.165) is 29.7 Å². The molecular formula is C16H11FN4O3. The summed E-state index contributed by atoms with van der Waals surface area (Å²) in [6, 6.07) is 8.83. The molecule has 24 heavy (non-hydrogen) atoms. The van der Waals surface area contributed by atoms with Crippen molar-refractivity contribution in [3.05, 3.63) is 57.9 Å². The van der Waals surface area contributed by atoms with Gasteiger partial charge in [0, 0.05) is 12.1 Å². The fourth-order valence-electron chi connectivity index (χ4n) is 2.70. The molecule has 2 aromatic carbocycles. The summed E-state index contributed by atoms with van der Waals surface area (Å²) in [5.41, 5.74) is 0.840. The Morgan fingerprint density at radius 2 is 2.17 bits per heavy atom. The third-order valence-electron chi connectivity index (χ3n) is 3.78. The van der Waals surface area contributed by atoms with Crippen LogP contribution in [0.2, 0.25) is 0 Å². The Bertz CT molecular complexity index is 910. The second-order valence-corrected chi connectivity index (χ2v) is 5.27. The van der Waals surface area contributed by atoms with Crippen LogP contribution in [0.5, 0.6) is 11.5 Å². The fraction of sp³-hybridized carbons (Fsp3) is 0.125. The van der Waals surface area contributed by atoms with E-state index in [1.807, 2.05) is 4.90 Å². The number of nitrogens with zero attached hydrogens (tertiary/aromatic N) is 4. The summed E-state index contributed by atoms with van der Waals surface area (Å²) in [4.78, 5) is 21.0. The van der Waals surface area contributed by atoms with Crippen LogP contribution in [0, 0.1) is 15.9 Å². The SMILES string of the molecule is O=[N+]([O-])c1c(F)cccc1Oc1ccc2c(c1)C1=NCCN1C=N2. The maximum Gasteiger partial charge on any atom is 0.346 e. The zero-order chi connectivity index (χ0) is 16.7. The smallest absolute Gasteiger partial charge is 0.346 e. The zero-order valence-corrected chi connectivity index (χ0v) is 12.3. The largest absolute Gasteiger partial charge is 0.450 e. The van der Waals surface area contributed by atoms with Gasteiger partial charge in [0.05, 0.1) is 23.5 Å². The van der Waals surface area contributed by atoms with Crippen molar-refractivity contribution in [2.45, 2.75) is 0 Å². The number of para-hydroxylation sites is 1. The molecule has 0 unspecified atom stereocenters. The minimum absolute atomic E-state index is 0.149. The van der Waals surface area contributed by atoms with Crippen LogP contribution in [-0.4, -0.2) is 35.1 Å². The van der Waals surface area contributed by atoms with Crippen LogP contribution in [0.1, 0.15) is 5.56 Å². The Morgan fingerprint density at radius 3 is 3.00 bits per heavy atom. The number of halogens is 1. The van der Waals surface area contributed by atoms with Crippen LogP contribution in [-0.2, 0) is 0 Å². The predicted molar refractivity (Wildman–Crippen MR) is 85.8 cm³/mol. The predicted octanol–water partition coefficient (Wildman–Crippen LogP) is 3.26. The van der Waals surface area contributed by atoms with Gasteiger partial charge in [-0.3, -0.25) is 15.1 Å². The van der Waals surface area contributed by atoms with E-state index in [-0.39, 0.29) is 5.75 Å². The van der Waals surface area contributed by atoms with Gasteiger partial charge in [-0.05, 0) is 30.3 Å². The van der Waals surface area contributed by atoms with Crippen molar-refractivity contribution in [1.82, 2.24) is 4.90 Å². The Hall–Kier alpha value is -3.29. The number of fused-ring (bicyclic) bond motifs is 3. The number of benzene rings is 2. The molecule has 4 rings (SSSR count). The molecule has 0 N–H and O–H groups in total. The maximum atomic E-state index is 13.7. The van der Waals surface area contributed by atoms with Crippen LogP contribution in [0.3, 0.4) is 0 Å². The van der Waals surface area contributed by atoms with Gasteiger partial charge in [-0.15, -0.1) is 0 Å². The van der Waals surface area contributed by atoms with Crippen LogP contribution in [0.25, 0.3) is 0 Å². The first-order valence-electron chi connectivity index (χ1n) is 7.24. The second-order valence-electron chi connectivity index (χ2n) is 5.27. The normalized spacial score (nSPS) is 14.9. The molecule has 0 bridgehead atoms. The van der Waals surface area contributed by atoms with E-state index in [1.165, 1.54) is 12.1 Å². The van der Waals surface area contributed by atoms with E-state index in [4.69, 9.17) is 4.74 Å². The molecule has 0 aliphatic carbocycles. The lowest BCUT2D eigenvalue weighted by atomic mass is 10.1. The van der Waals surface area contributed by atoms with E-state index in [0.29, 0.717) is 12.3 Å². The van der Waals surface area contributed by atoms with Gasteiger partial charge in [-0.25, -0.2) is 4.99 Å². The highest BCUT2D eigenvalue weighted by molar-refractivity contribution is 6.11. The van der Waals surface area contributed by atoms with Gasteiger partial charge >= 0.3 is 5.69 Å². The summed E-state index contributed by atoms with van der Waals surface area (Å²) < 4.78 is 19.2. The third kappa shape index (κ3) is 2.28. The number of amidine groups is 1. The van der Waals surface area contributed by atoms with Crippen molar-refractivity contribution < 1.29 is 14.1 Å². The van der Waals surface area contributed by atoms with E-state index >= 15 is 0 Å². The highest BCUT2D eigenvalue weighted by Crippen LogP contribution is 2.36. The van der Waals surface area contributed by atoms with Crippen LogP contribution >= 0.6 is 0 Å². The molecule has 0 saturated carbocycles. The molecule has 0 amide bonds. The number of ether oxygens (including phenoxy) is 1.